The van der Waals surface area contributed by atoms with E-state index in [2.05, 4.69) is 10.6 Å². The summed E-state index contributed by atoms with van der Waals surface area (Å²) in [5, 5.41) is 5.70. The summed E-state index contributed by atoms with van der Waals surface area (Å²) >= 11 is 6.23. The number of methoxy groups -OCH3 is 2. The van der Waals surface area contributed by atoms with Gasteiger partial charge in [0.2, 0.25) is 0 Å². The summed E-state index contributed by atoms with van der Waals surface area (Å²) in [4.78, 5) is 39.3. The SMILES string of the molecule is COc1ccc(OC)c(N2C(=O)C(Cl)=C(Nc3ccc(C(=O)NC4CCCC4)cc3)C2=O)c1. The van der Waals surface area contributed by atoms with E-state index >= 15 is 0 Å². The second-order valence-electron chi connectivity index (χ2n) is 7.83. The van der Waals surface area contributed by atoms with Gasteiger partial charge in [-0.05, 0) is 49.2 Å². The van der Waals surface area contributed by atoms with Crippen LogP contribution in [0, 0.1) is 0 Å². The number of ether oxygens (including phenoxy) is 2. The molecule has 2 aliphatic rings. The van der Waals surface area contributed by atoms with Crippen molar-refractivity contribution in [1.29, 1.82) is 0 Å². The zero-order chi connectivity index (χ0) is 23.5. The molecule has 2 aromatic carbocycles. The van der Waals surface area contributed by atoms with Gasteiger partial charge in [-0.25, -0.2) is 4.90 Å². The van der Waals surface area contributed by atoms with E-state index in [1.165, 1.54) is 20.3 Å². The Morgan fingerprint density at radius 3 is 2.33 bits per heavy atom. The average molecular weight is 470 g/mol. The minimum Gasteiger partial charge on any atom is -0.497 e. The van der Waals surface area contributed by atoms with Crippen molar-refractivity contribution < 1.29 is 23.9 Å². The highest BCUT2D eigenvalue weighted by molar-refractivity contribution is 6.53. The van der Waals surface area contributed by atoms with Gasteiger partial charge in [-0.15, -0.1) is 0 Å². The van der Waals surface area contributed by atoms with E-state index in [1.54, 1.807) is 36.4 Å². The molecule has 9 heteroatoms. The molecule has 1 fully saturated rings. The molecule has 1 aliphatic heterocycles. The number of anilines is 2. The average Bonchev–Trinajstić information content (AvgIpc) is 3.41. The summed E-state index contributed by atoms with van der Waals surface area (Å²) in [5.74, 6) is -0.659. The maximum atomic E-state index is 13.1. The van der Waals surface area contributed by atoms with Gasteiger partial charge in [0.15, 0.2) is 0 Å². The number of hydrogen-bond donors (Lipinski definition) is 2. The molecule has 0 aromatic heterocycles. The first kappa shape index (κ1) is 22.7. The first-order valence-corrected chi connectivity index (χ1v) is 11.0. The zero-order valence-electron chi connectivity index (χ0n) is 18.3. The largest absolute Gasteiger partial charge is 0.497 e. The Morgan fingerprint density at radius 1 is 1.00 bits per heavy atom. The Morgan fingerprint density at radius 2 is 1.70 bits per heavy atom. The fraction of sp³-hybridized carbons (Fsp3) is 0.292. The van der Waals surface area contributed by atoms with E-state index in [0.29, 0.717) is 22.7 Å². The third-order valence-electron chi connectivity index (χ3n) is 5.76. The molecule has 0 atom stereocenters. The molecule has 0 saturated heterocycles. The predicted octanol–water partition coefficient (Wildman–Crippen LogP) is 3.81. The number of carbonyl (C=O) groups is 3. The molecule has 0 spiro atoms. The van der Waals surface area contributed by atoms with Crippen molar-refractivity contribution in [1.82, 2.24) is 5.32 Å². The number of hydrogen-bond acceptors (Lipinski definition) is 6. The summed E-state index contributed by atoms with van der Waals surface area (Å²) in [5.41, 5.74) is 1.20. The summed E-state index contributed by atoms with van der Waals surface area (Å²) in [6.07, 6.45) is 4.27. The molecule has 172 valence electrons. The molecule has 8 nitrogen and oxygen atoms in total. The highest BCUT2D eigenvalue weighted by atomic mass is 35.5. The molecule has 1 aliphatic carbocycles. The lowest BCUT2D eigenvalue weighted by atomic mass is 10.1. The second kappa shape index (κ2) is 9.54. The van der Waals surface area contributed by atoms with Gasteiger partial charge >= 0.3 is 0 Å². The fourth-order valence-corrected chi connectivity index (χ4v) is 4.20. The Kier molecular flexibility index (Phi) is 6.55. The number of imide groups is 1. The Balaban J connectivity index is 1.51. The van der Waals surface area contributed by atoms with Crippen LogP contribution in [0.2, 0.25) is 0 Å². The third kappa shape index (κ3) is 4.52. The summed E-state index contributed by atoms with van der Waals surface area (Å²) < 4.78 is 10.5. The molecule has 1 heterocycles. The topological polar surface area (TPSA) is 97.0 Å². The highest BCUT2D eigenvalue weighted by Gasteiger charge is 2.40. The molecule has 4 rings (SSSR count). The van der Waals surface area contributed by atoms with Crippen LogP contribution >= 0.6 is 11.6 Å². The van der Waals surface area contributed by atoms with Gasteiger partial charge in [-0.3, -0.25) is 14.4 Å². The van der Waals surface area contributed by atoms with Gasteiger partial charge in [0.05, 0.1) is 19.9 Å². The molecule has 2 aromatic rings. The van der Waals surface area contributed by atoms with Crippen LogP contribution in [-0.4, -0.2) is 38.0 Å². The van der Waals surface area contributed by atoms with Crippen molar-refractivity contribution in [2.24, 2.45) is 0 Å². The van der Waals surface area contributed by atoms with Crippen molar-refractivity contribution in [3.8, 4) is 11.5 Å². The molecule has 2 N–H and O–H groups in total. The molecule has 0 radical (unpaired) electrons. The van der Waals surface area contributed by atoms with Crippen molar-refractivity contribution in [3.63, 3.8) is 0 Å². The van der Waals surface area contributed by atoms with Crippen LogP contribution in [0.25, 0.3) is 0 Å². The minimum absolute atomic E-state index is 0.0605. The van der Waals surface area contributed by atoms with Crippen LogP contribution in [-0.2, 0) is 9.59 Å². The summed E-state index contributed by atoms with van der Waals surface area (Å²) in [6, 6.07) is 11.6. The molecule has 0 bridgehead atoms. The van der Waals surface area contributed by atoms with Crippen LogP contribution in [0.1, 0.15) is 36.0 Å². The van der Waals surface area contributed by atoms with Crippen LogP contribution < -0.4 is 25.0 Å². The van der Waals surface area contributed by atoms with E-state index in [4.69, 9.17) is 21.1 Å². The first-order valence-electron chi connectivity index (χ1n) is 10.6. The van der Waals surface area contributed by atoms with Gasteiger partial charge in [0.1, 0.15) is 22.2 Å². The molecular formula is C24H24ClN3O5. The van der Waals surface area contributed by atoms with Crippen molar-refractivity contribution in [2.75, 3.05) is 24.4 Å². The van der Waals surface area contributed by atoms with E-state index in [1.807, 2.05) is 0 Å². The van der Waals surface area contributed by atoms with Crippen molar-refractivity contribution in [2.45, 2.75) is 31.7 Å². The lowest BCUT2D eigenvalue weighted by molar-refractivity contribution is -0.120. The number of nitrogens with one attached hydrogen (secondary N) is 2. The minimum atomic E-state index is -0.678. The van der Waals surface area contributed by atoms with Crippen LogP contribution in [0.3, 0.4) is 0 Å². The molecule has 33 heavy (non-hydrogen) atoms. The molecule has 0 unspecified atom stereocenters. The normalized spacial score (nSPS) is 16.4. The van der Waals surface area contributed by atoms with Crippen LogP contribution in [0.5, 0.6) is 11.5 Å². The molecule has 1 saturated carbocycles. The van der Waals surface area contributed by atoms with E-state index < -0.39 is 11.8 Å². The van der Waals surface area contributed by atoms with Crippen LogP contribution in [0.4, 0.5) is 11.4 Å². The fourth-order valence-electron chi connectivity index (χ4n) is 3.99. The number of rotatable bonds is 7. The van der Waals surface area contributed by atoms with E-state index in [-0.39, 0.29) is 28.4 Å². The van der Waals surface area contributed by atoms with Crippen molar-refractivity contribution >= 4 is 40.7 Å². The highest BCUT2D eigenvalue weighted by Crippen LogP contribution is 2.37. The maximum Gasteiger partial charge on any atom is 0.283 e. The number of benzene rings is 2. The Bertz CT molecular complexity index is 1120. The summed E-state index contributed by atoms with van der Waals surface area (Å²) in [7, 11) is 2.92. The second-order valence-corrected chi connectivity index (χ2v) is 8.21. The van der Waals surface area contributed by atoms with Gasteiger partial charge in [-0.1, -0.05) is 24.4 Å². The summed E-state index contributed by atoms with van der Waals surface area (Å²) in [6.45, 7) is 0. The number of halogens is 1. The molecular weight excluding hydrogens is 446 g/mol. The number of nitrogens with zero attached hydrogens (tertiary/aromatic N) is 1. The number of amides is 3. The lowest BCUT2D eigenvalue weighted by Gasteiger charge is -2.19. The van der Waals surface area contributed by atoms with Gasteiger partial charge in [0.25, 0.3) is 17.7 Å². The monoisotopic (exact) mass is 469 g/mol. The lowest BCUT2D eigenvalue weighted by Crippen LogP contribution is -2.32. The van der Waals surface area contributed by atoms with Gasteiger partial charge in [-0.2, -0.15) is 0 Å². The van der Waals surface area contributed by atoms with E-state index in [9.17, 15) is 14.4 Å². The Hall–Kier alpha value is -3.52. The van der Waals surface area contributed by atoms with Crippen molar-refractivity contribution in [3.05, 3.63) is 58.8 Å². The van der Waals surface area contributed by atoms with Crippen LogP contribution in [0.15, 0.2) is 53.2 Å². The Labute approximate surface area is 196 Å². The van der Waals surface area contributed by atoms with Gasteiger partial charge in [0, 0.05) is 23.4 Å². The smallest absolute Gasteiger partial charge is 0.283 e. The predicted molar refractivity (Wildman–Crippen MR) is 125 cm³/mol. The standard InChI is InChI=1S/C24H24ClN3O5/c1-32-17-11-12-19(33-2)18(13-17)28-23(30)20(25)21(24(28)31)26-16-9-7-14(8-10-16)22(29)27-15-5-3-4-6-15/h7-13,15,26H,3-6H2,1-2H3,(H,27,29). The quantitative estimate of drug-likeness (QED) is 0.598. The maximum absolute atomic E-state index is 13.1. The van der Waals surface area contributed by atoms with E-state index in [0.717, 1.165) is 30.6 Å². The molecule has 3 amide bonds. The third-order valence-corrected chi connectivity index (χ3v) is 6.11. The van der Waals surface area contributed by atoms with Gasteiger partial charge < -0.3 is 20.1 Å². The number of carbonyl (C=O) groups excluding carboxylic acids is 3. The first-order chi connectivity index (χ1) is 15.9. The zero-order valence-corrected chi connectivity index (χ0v) is 19.1.